The van der Waals surface area contributed by atoms with E-state index in [-0.39, 0.29) is 5.54 Å². The quantitative estimate of drug-likeness (QED) is 0.607. The van der Waals surface area contributed by atoms with Crippen molar-refractivity contribution >= 4 is 6.34 Å². The van der Waals surface area contributed by atoms with Gasteiger partial charge in [0.25, 0.3) is 0 Å². The second kappa shape index (κ2) is 2.95. The lowest BCUT2D eigenvalue weighted by Crippen LogP contribution is -2.39. The molecular weight excluding hydrogens is 140 g/mol. The van der Waals surface area contributed by atoms with Crippen LogP contribution in [0, 0.1) is 0 Å². The Kier molecular flexibility index (Phi) is 2.17. The van der Waals surface area contributed by atoms with Crippen LogP contribution < -0.4 is 0 Å². The molecule has 0 atom stereocenters. The highest BCUT2D eigenvalue weighted by molar-refractivity contribution is 5.57. The molecule has 0 aromatic heterocycles. The Balaban J connectivity index is 2.65. The molecule has 0 fully saturated rings. The number of oxime groups is 1. The maximum absolute atomic E-state index is 4.69. The molecule has 1 heterocycles. The lowest BCUT2D eigenvalue weighted by Gasteiger charge is -2.33. The van der Waals surface area contributed by atoms with Gasteiger partial charge in [0.1, 0.15) is 12.6 Å². The summed E-state index contributed by atoms with van der Waals surface area (Å²) in [5, 5.41) is 3.69. The van der Waals surface area contributed by atoms with Crippen LogP contribution in [-0.4, -0.2) is 16.8 Å². The van der Waals surface area contributed by atoms with E-state index >= 15 is 0 Å². The van der Waals surface area contributed by atoms with Crippen LogP contribution in [-0.2, 0) is 4.84 Å². The summed E-state index contributed by atoms with van der Waals surface area (Å²) in [5.41, 5.74) is 0.129. The topological polar surface area (TPSA) is 24.8 Å². The summed E-state index contributed by atoms with van der Waals surface area (Å²) in [7, 11) is 0. The maximum Gasteiger partial charge on any atom is 0.138 e. The van der Waals surface area contributed by atoms with Crippen LogP contribution in [0.5, 0.6) is 0 Å². The summed E-state index contributed by atoms with van der Waals surface area (Å²) in [4.78, 5) is 6.72. The molecule has 1 aliphatic heterocycles. The van der Waals surface area contributed by atoms with Gasteiger partial charge in [0.05, 0.1) is 0 Å². The van der Waals surface area contributed by atoms with Crippen molar-refractivity contribution in [2.45, 2.75) is 32.7 Å². The second-order valence-electron chi connectivity index (χ2n) is 3.18. The highest BCUT2D eigenvalue weighted by Crippen LogP contribution is 2.18. The van der Waals surface area contributed by atoms with Gasteiger partial charge in [-0.15, -0.1) is 0 Å². The normalized spacial score (nSPS) is 16.8. The zero-order valence-electron chi connectivity index (χ0n) is 7.24. The van der Waals surface area contributed by atoms with Crippen LogP contribution >= 0.6 is 0 Å². The fourth-order valence-electron chi connectivity index (χ4n) is 0.785. The van der Waals surface area contributed by atoms with Gasteiger partial charge in [-0.2, -0.15) is 0 Å². The zero-order chi connectivity index (χ0) is 8.32. The third-order valence-electron chi connectivity index (χ3n) is 2.08. The van der Waals surface area contributed by atoms with E-state index < -0.39 is 0 Å². The first kappa shape index (κ1) is 8.11. The predicted octanol–water partition coefficient (Wildman–Crippen LogP) is 1.92. The Bertz CT molecular complexity index is 173. The SMILES string of the molecule is CCC(C)(C)N1C=CON=C1. The van der Waals surface area contributed by atoms with Gasteiger partial charge >= 0.3 is 0 Å². The summed E-state index contributed by atoms with van der Waals surface area (Å²) < 4.78 is 0. The largest absolute Gasteiger partial charge is 0.362 e. The Morgan fingerprint density at radius 1 is 1.55 bits per heavy atom. The van der Waals surface area contributed by atoms with Gasteiger partial charge < -0.3 is 9.74 Å². The van der Waals surface area contributed by atoms with Crippen LogP contribution in [0.3, 0.4) is 0 Å². The van der Waals surface area contributed by atoms with Gasteiger partial charge in [-0.25, -0.2) is 0 Å². The minimum Gasteiger partial charge on any atom is -0.362 e. The smallest absolute Gasteiger partial charge is 0.138 e. The molecule has 0 unspecified atom stereocenters. The highest BCUT2D eigenvalue weighted by Gasteiger charge is 2.21. The highest BCUT2D eigenvalue weighted by atomic mass is 16.6. The van der Waals surface area contributed by atoms with E-state index in [4.69, 9.17) is 0 Å². The first-order valence-electron chi connectivity index (χ1n) is 3.81. The van der Waals surface area contributed by atoms with Crippen molar-refractivity contribution in [3.8, 4) is 0 Å². The second-order valence-corrected chi connectivity index (χ2v) is 3.18. The Morgan fingerprint density at radius 2 is 2.27 bits per heavy atom. The van der Waals surface area contributed by atoms with Gasteiger partial charge in [0, 0.05) is 11.7 Å². The van der Waals surface area contributed by atoms with Crippen LogP contribution in [0.4, 0.5) is 0 Å². The van der Waals surface area contributed by atoms with E-state index in [1.165, 1.54) is 0 Å². The molecule has 0 N–H and O–H groups in total. The van der Waals surface area contributed by atoms with Crippen molar-refractivity contribution in [2.24, 2.45) is 5.16 Å². The Hall–Kier alpha value is -0.990. The van der Waals surface area contributed by atoms with Crippen LogP contribution in [0.25, 0.3) is 0 Å². The van der Waals surface area contributed by atoms with E-state index in [1.54, 1.807) is 12.6 Å². The van der Waals surface area contributed by atoms with Crippen molar-refractivity contribution in [3.63, 3.8) is 0 Å². The standard InChI is InChI=1S/C8H14N2O/c1-4-8(2,3)10-5-6-11-9-7-10/h5-7H,4H2,1-3H3. The van der Waals surface area contributed by atoms with E-state index in [9.17, 15) is 0 Å². The van der Waals surface area contributed by atoms with Gasteiger partial charge in [-0.05, 0) is 20.3 Å². The molecule has 0 spiro atoms. The van der Waals surface area contributed by atoms with E-state index in [2.05, 4.69) is 30.8 Å². The minimum atomic E-state index is 0.129. The molecule has 3 heteroatoms. The first-order valence-corrected chi connectivity index (χ1v) is 3.81. The molecule has 0 aromatic rings. The van der Waals surface area contributed by atoms with Crippen molar-refractivity contribution in [1.29, 1.82) is 0 Å². The van der Waals surface area contributed by atoms with Crippen molar-refractivity contribution in [2.75, 3.05) is 0 Å². The predicted molar refractivity (Wildman–Crippen MR) is 44.9 cm³/mol. The molecule has 0 bridgehead atoms. The molecule has 0 aliphatic carbocycles. The molecule has 3 nitrogen and oxygen atoms in total. The number of rotatable bonds is 2. The molecule has 11 heavy (non-hydrogen) atoms. The molecule has 0 radical (unpaired) electrons. The van der Waals surface area contributed by atoms with Crippen molar-refractivity contribution in [3.05, 3.63) is 12.5 Å². The Morgan fingerprint density at radius 3 is 2.73 bits per heavy atom. The van der Waals surface area contributed by atoms with Gasteiger partial charge in [0.2, 0.25) is 0 Å². The lowest BCUT2D eigenvalue weighted by atomic mass is 10.0. The first-order chi connectivity index (χ1) is 5.17. The van der Waals surface area contributed by atoms with E-state index in [0.29, 0.717) is 0 Å². The molecular formula is C8H14N2O. The molecule has 0 saturated carbocycles. The average molecular weight is 154 g/mol. The van der Waals surface area contributed by atoms with Gasteiger partial charge in [-0.1, -0.05) is 12.1 Å². The van der Waals surface area contributed by atoms with Crippen molar-refractivity contribution in [1.82, 2.24) is 4.90 Å². The minimum absolute atomic E-state index is 0.129. The Labute approximate surface area is 67.3 Å². The number of nitrogens with zero attached hydrogens (tertiary/aromatic N) is 2. The third kappa shape index (κ3) is 1.73. The van der Waals surface area contributed by atoms with E-state index in [1.807, 2.05) is 11.1 Å². The van der Waals surface area contributed by atoms with Gasteiger partial charge in [-0.3, -0.25) is 0 Å². The zero-order valence-corrected chi connectivity index (χ0v) is 7.24. The summed E-state index contributed by atoms with van der Waals surface area (Å²) in [5.74, 6) is 0. The molecule has 0 aromatic carbocycles. The fraction of sp³-hybridized carbons (Fsp3) is 0.625. The van der Waals surface area contributed by atoms with E-state index in [0.717, 1.165) is 6.42 Å². The van der Waals surface area contributed by atoms with Crippen LogP contribution in [0.2, 0.25) is 0 Å². The lowest BCUT2D eigenvalue weighted by molar-refractivity contribution is 0.206. The summed E-state index contributed by atoms with van der Waals surface area (Å²) in [6.07, 6.45) is 6.24. The van der Waals surface area contributed by atoms with Crippen LogP contribution in [0.15, 0.2) is 17.6 Å². The fourth-order valence-corrected chi connectivity index (χ4v) is 0.785. The molecule has 0 saturated heterocycles. The molecule has 0 amide bonds. The molecule has 1 rings (SSSR count). The monoisotopic (exact) mass is 154 g/mol. The van der Waals surface area contributed by atoms with Crippen LogP contribution in [0.1, 0.15) is 27.2 Å². The van der Waals surface area contributed by atoms with Crippen molar-refractivity contribution < 1.29 is 4.84 Å². The number of hydrogen-bond acceptors (Lipinski definition) is 3. The molecule has 1 aliphatic rings. The molecule has 62 valence electrons. The third-order valence-corrected chi connectivity index (χ3v) is 2.08. The summed E-state index contributed by atoms with van der Waals surface area (Å²) in [6, 6.07) is 0. The average Bonchev–Trinajstić information content (AvgIpc) is 2.06. The maximum atomic E-state index is 4.69. The van der Waals surface area contributed by atoms with Gasteiger partial charge in [0.15, 0.2) is 0 Å². The summed E-state index contributed by atoms with van der Waals surface area (Å²) in [6.45, 7) is 6.47. The summed E-state index contributed by atoms with van der Waals surface area (Å²) >= 11 is 0. The number of hydrogen-bond donors (Lipinski definition) is 0.